The van der Waals surface area contributed by atoms with E-state index in [0.29, 0.717) is 5.11 Å². The van der Waals surface area contributed by atoms with Gasteiger partial charge in [-0.15, -0.1) is 0 Å². The van der Waals surface area contributed by atoms with Crippen molar-refractivity contribution in [3.05, 3.63) is 107 Å². The molecule has 1 saturated heterocycles. The minimum Gasteiger partial charge on any atom is -0.378 e. The van der Waals surface area contributed by atoms with E-state index >= 15 is 0 Å². The number of anilines is 2. The molecule has 2 aromatic heterocycles. The van der Waals surface area contributed by atoms with Gasteiger partial charge in [-0.05, 0) is 93.1 Å². The Balaban J connectivity index is 1.65. The molecule has 0 saturated carbocycles. The molecule has 0 aliphatic carbocycles. The van der Waals surface area contributed by atoms with Crippen LogP contribution in [0.25, 0.3) is 5.69 Å². The molecule has 2 unspecified atom stereocenters. The summed E-state index contributed by atoms with van der Waals surface area (Å²) in [7, 11) is 4.10. The van der Waals surface area contributed by atoms with Crippen molar-refractivity contribution in [2.24, 2.45) is 0 Å². The largest absolute Gasteiger partial charge is 0.378 e. The van der Waals surface area contributed by atoms with Gasteiger partial charge in [-0.25, -0.2) is 0 Å². The number of aryl methyl sites for hydroxylation is 2. The molecule has 0 amide bonds. The third-order valence-electron chi connectivity index (χ3n) is 6.82. The van der Waals surface area contributed by atoms with Crippen LogP contribution in [0.2, 0.25) is 0 Å². The van der Waals surface area contributed by atoms with E-state index in [1.54, 1.807) is 0 Å². The Hall–Kier alpha value is -3.64. The maximum Gasteiger partial charge on any atom is 0.174 e. The second kappa shape index (κ2) is 9.19. The van der Waals surface area contributed by atoms with Gasteiger partial charge in [0.1, 0.15) is 0 Å². The molecule has 1 N–H and O–H groups in total. The van der Waals surface area contributed by atoms with E-state index in [9.17, 15) is 0 Å². The third kappa shape index (κ3) is 4.19. The molecule has 3 heterocycles. The molecule has 6 heteroatoms. The van der Waals surface area contributed by atoms with Crippen molar-refractivity contribution in [3.8, 4) is 5.69 Å². The van der Waals surface area contributed by atoms with Crippen LogP contribution in [0.5, 0.6) is 0 Å². The summed E-state index contributed by atoms with van der Waals surface area (Å²) in [6, 6.07) is 25.5. The van der Waals surface area contributed by atoms with E-state index in [0.717, 1.165) is 17.1 Å². The molecule has 5 rings (SSSR count). The normalized spacial score (nSPS) is 17.5. The Labute approximate surface area is 213 Å². The highest BCUT2D eigenvalue weighted by atomic mass is 32.1. The van der Waals surface area contributed by atoms with E-state index in [-0.39, 0.29) is 12.1 Å². The number of nitrogens with zero attached hydrogens (tertiary/aromatic N) is 4. The first-order valence-electron chi connectivity index (χ1n) is 11.9. The molecule has 35 heavy (non-hydrogen) atoms. The fraction of sp³-hybridized carbons (Fsp3) is 0.241. The topological polar surface area (TPSA) is 36.3 Å². The Morgan fingerprint density at radius 2 is 1.57 bits per heavy atom. The lowest BCUT2D eigenvalue weighted by molar-refractivity contribution is 0.565. The lowest BCUT2D eigenvalue weighted by atomic mass is 9.96. The minimum absolute atomic E-state index is 0.0343. The zero-order chi connectivity index (χ0) is 24.7. The first-order valence-corrected chi connectivity index (χ1v) is 12.3. The van der Waals surface area contributed by atoms with Crippen LogP contribution >= 0.6 is 12.2 Å². The van der Waals surface area contributed by atoms with Crippen LogP contribution < -0.4 is 15.1 Å². The maximum absolute atomic E-state index is 5.92. The molecule has 2 atom stereocenters. The maximum atomic E-state index is 5.92. The Morgan fingerprint density at radius 1 is 0.886 bits per heavy atom. The van der Waals surface area contributed by atoms with Crippen LogP contribution in [-0.2, 0) is 0 Å². The molecule has 0 bridgehead atoms. The minimum atomic E-state index is -0.0656. The van der Waals surface area contributed by atoms with Gasteiger partial charge in [0.15, 0.2) is 5.11 Å². The van der Waals surface area contributed by atoms with E-state index in [1.807, 2.05) is 18.3 Å². The van der Waals surface area contributed by atoms with Crippen molar-refractivity contribution in [1.82, 2.24) is 14.9 Å². The average molecular weight is 482 g/mol. The zero-order valence-electron chi connectivity index (χ0n) is 20.9. The van der Waals surface area contributed by atoms with Crippen LogP contribution in [0.4, 0.5) is 11.4 Å². The van der Waals surface area contributed by atoms with Gasteiger partial charge in [0.25, 0.3) is 0 Å². The van der Waals surface area contributed by atoms with Crippen molar-refractivity contribution in [2.75, 3.05) is 23.9 Å². The number of pyridine rings is 1. The first-order chi connectivity index (χ1) is 16.8. The SMILES string of the molecule is Cc1ccc(-n2c(C)cc(C3C(c4ccccn4)NC(=S)N3c3ccc(N(C)C)cc3)c2C)cc1. The lowest BCUT2D eigenvalue weighted by Gasteiger charge is -2.28. The van der Waals surface area contributed by atoms with E-state index in [2.05, 4.69) is 115 Å². The first kappa shape index (κ1) is 23.1. The van der Waals surface area contributed by atoms with Crippen molar-refractivity contribution in [2.45, 2.75) is 32.9 Å². The predicted octanol–water partition coefficient (Wildman–Crippen LogP) is 6.04. The summed E-state index contributed by atoms with van der Waals surface area (Å²) in [4.78, 5) is 9.05. The lowest BCUT2D eigenvalue weighted by Crippen LogP contribution is -2.29. The summed E-state index contributed by atoms with van der Waals surface area (Å²) in [5, 5.41) is 4.29. The summed E-state index contributed by atoms with van der Waals surface area (Å²) in [6.45, 7) is 6.49. The molecule has 1 aliphatic heterocycles. The van der Waals surface area contributed by atoms with Gasteiger partial charge in [0.2, 0.25) is 0 Å². The summed E-state index contributed by atoms with van der Waals surface area (Å²) in [5.41, 5.74) is 9.26. The van der Waals surface area contributed by atoms with Gasteiger partial charge in [-0.1, -0.05) is 23.8 Å². The second-order valence-electron chi connectivity index (χ2n) is 9.40. The van der Waals surface area contributed by atoms with E-state index in [1.165, 1.54) is 28.2 Å². The van der Waals surface area contributed by atoms with Crippen molar-refractivity contribution >= 4 is 28.7 Å². The molecule has 0 spiro atoms. The summed E-state index contributed by atoms with van der Waals surface area (Å²) >= 11 is 5.92. The molecular weight excluding hydrogens is 450 g/mol. The third-order valence-corrected chi connectivity index (χ3v) is 7.14. The van der Waals surface area contributed by atoms with Crippen LogP contribution in [0.1, 0.15) is 40.3 Å². The number of nitrogens with one attached hydrogen (secondary N) is 1. The summed E-state index contributed by atoms with van der Waals surface area (Å²) in [6.07, 6.45) is 1.85. The van der Waals surface area contributed by atoms with E-state index in [4.69, 9.17) is 17.2 Å². The Morgan fingerprint density at radius 3 is 2.20 bits per heavy atom. The molecule has 1 aliphatic rings. The standard InChI is InChI=1S/C29H31N5S/c1-19-9-11-23(12-10-19)33-20(2)18-25(21(33)3)28-27(26-8-6-7-17-30-26)31-29(35)34(28)24-15-13-22(14-16-24)32(4)5/h6-18,27-28H,1-5H3,(H,31,35). The fourth-order valence-electron chi connectivity index (χ4n) is 5.04. The number of thiocarbonyl (C=S) groups is 1. The highest BCUT2D eigenvalue weighted by Crippen LogP contribution is 2.44. The average Bonchev–Trinajstić information content (AvgIpc) is 3.35. The summed E-state index contributed by atoms with van der Waals surface area (Å²) < 4.78 is 2.33. The number of hydrogen-bond acceptors (Lipinski definition) is 3. The van der Waals surface area contributed by atoms with Crippen LogP contribution in [0, 0.1) is 20.8 Å². The van der Waals surface area contributed by atoms with E-state index < -0.39 is 0 Å². The number of rotatable bonds is 5. The molecule has 5 nitrogen and oxygen atoms in total. The predicted molar refractivity (Wildman–Crippen MR) is 149 cm³/mol. The summed E-state index contributed by atoms with van der Waals surface area (Å²) in [5.74, 6) is 0. The smallest absolute Gasteiger partial charge is 0.174 e. The van der Waals surface area contributed by atoms with Crippen molar-refractivity contribution in [1.29, 1.82) is 0 Å². The number of aromatic nitrogens is 2. The van der Waals surface area contributed by atoms with Gasteiger partial charge in [-0.2, -0.15) is 0 Å². The quantitative estimate of drug-likeness (QED) is 0.352. The van der Waals surface area contributed by atoms with Gasteiger partial charge in [0.05, 0.1) is 17.8 Å². The van der Waals surface area contributed by atoms with Gasteiger partial charge in [0, 0.05) is 48.7 Å². The fourth-order valence-corrected chi connectivity index (χ4v) is 5.38. The molecule has 178 valence electrons. The highest BCUT2D eigenvalue weighted by molar-refractivity contribution is 7.80. The second-order valence-corrected chi connectivity index (χ2v) is 9.79. The van der Waals surface area contributed by atoms with Crippen molar-refractivity contribution < 1.29 is 0 Å². The molecule has 4 aromatic rings. The van der Waals surface area contributed by atoms with Gasteiger partial charge in [-0.3, -0.25) is 4.98 Å². The Kier molecular flexibility index (Phi) is 6.07. The Bertz CT molecular complexity index is 1340. The zero-order valence-corrected chi connectivity index (χ0v) is 21.7. The van der Waals surface area contributed by atoms with Gasteiger partial charge >= 0.3 is 0 Å². The molecule has 1 fully saturated rings. The van der Waals surface area contributed by atoms with Crippen LogP contribution in [0.3, 0.4) is 0 Å². The van der Waals surface area contributed by atoms with Crippen LogP contribution in [-0.4, -0.2) is 28.8 Å². The van der Waals surface area contributed by atoms with Crippen LogP contribution in [0.15, 0.2) is 79.0 Å². The van der Waals surface area contributed by atoms with Crippen molar-refractivity contribution in [3.63, 3.8) is 0 Å². The molecule has 2 aromatic carbocycles. The monoisotopic (exact) mass is 481 g/mol. The van der Waals surface area contributed by atoms with Gasteiger partial charge < -0.3 is 19.7 Å². The molecule has 0 radical (unpaired) electrons. The number of hydrogen-bond donors (Lipinski definition) is 1. The highest BCUT2D eigenvalue weighted by Gasteiger charge is 2.42. The molecular formula is C29H31N5S. The number of benzene rings is 2.